The summed E-state index contributed by atoms with van der Waals surface area (Å²) in [5.74, 6) is 0.0365. The van der Waals surface area contributed by atoms with Crippen molar-refractivity contribution in [1.82, 2.24) is 9.97 Å². The van der Waals surface area contributed by atoms with Crippen molar-refractivity contribution >= 4 is 29.2 Å². The number of carbonyl (C=O) groups is 1. The second-order valence-electron chi connectivity index (χ2n) is 3.90. The molecule has 1 heterocycles. The van der Waals surface area contributed by atoms with E-state index in [2.05, 4.69) is 15.3 Å². The van der Waals surface area contributed by atoms with Crippen LogP contribution in [0.5, 0.6) is 0 Å². The molecule has 0 unspecified atom stereocenters. The molecular formula is C14H14ClN3O2. The molecular weight excluding hydrogens is 278 g/mol. The molecule has 0 saturated carbocycles. The first-order valence-corrected chi connectivity index (χ1v) is 6.69. The molecule has 0 atom stereocenters. The second kappa shape index (κ2) is 6.86. The first-order chi connectivity index (χ1) is 9.74. The lowest BCUT2D eigenvalue weighted by molar-refractivity contribution is 0.0524. The molecule has 0 bridgehead atoms. The van der Waals surface area contributed by atoms with E-state index in [-0.39, 0.29) is 5.88 Å². The normalized spacial score (nSPS) is 10.1. The van der Waals surface area contributed by atoms with Crippen LogP contribution in [-0.4, -0.2) is 22.5 Å². The molecule has 2 rings (SSSR count). The minimum atomic E-state index is -0.464. The van der Waals surface area contributed by atoms with Crippen molar-refractivity contribution in [3.05, 3.63) is 47.8 Å². The van der Waals surface area contributed by atoms with Gasteiger partial charge in [-0.2, -0.15) is 0 Å². The molecule has 1 aromatic heterocycles. The van der Waals surface area contributed by atoms with Crippen LogP contribution < -0.4 is 5.32 Å². The van der Waals surface area contributed by atoms with Crippen LogP contribution in [0.3, 0.4) is 0 Å². The molecule has 0 aliphatic heterocycles. The number of rotatable bonds is 5. The van der Waals surface area contributed by atoms with E-state index < -0.39 is 5.97 Å². The van der Waals surface area contributed by atoms with Gasteiger partial charge in [-0.1, -0.05) is 18.2 Å². The van der Waals surface area contributed by atoms with Crippen LogP contribution in [0.4, 0.5) is 11.6 Å². The number of benzene rings is 1. The lowest BCUT2D eigenvalue weighted by Crippen LogP contribution is -2.11. The third-order valence-electron chi connectivity index (χ3n) is 2.52. The Morgan fingerprint density at radius 2 is 2.10 bits per heavy atom. The van der Waals surface area contributed by atoms with E-state index >= 15 is 0 Å². The van der Waals surface area contributed by atoms with Crippen LogP contribution in [0.2, 0.25) is 0 Å². The molecule has 6 heteroatoms. The maximum absolute atomic E-state index is 11.7. The fourth-order valence-electron chi connectivity index (χ4n) is 1.61. The standard InChI is InChI=1S/C14H14ClN3O2/c1-2-20-13(19)11-9-16-14(18-12(11)8-15)17-10-6-4-3-5-7-10/h3-7,9H,2,8H2,1H3,(H,16,17,18). The quantitative estimate of drug-likeness (QED) is 0.677. The highest BCUT2D eigenvalue weighted by Gasteiger charge is 2.15. The lowest BCUT2D eigenvalue weighted by atomic mass is 10.2. The maximum Gasteiger partial charge on any atom is 0.341 e. The minimum Gasteiger partial charge on any atom is -0.462 e. The summed E-state index contributed by atoms with van der Waals surface area (Å²) in [6.07, 6.45) is 1.42. The van der Waals surface area contributed by atoms with Crippen LogP contribution in [-0.2, 0) is 10.6 Å². The number of aromatic nitrogens is 2. The van der Waals surface area contributed by atoms with Gasteiger partial charge in [0, 0.05) is 11.9 Å². The number of hydrogen-bond donors (Lipinski definition) is 1. The molecule has 104 valence electrons. The van der Waals surface area contributed by atoms with Crippen molar-refractivity contribution in [2.45, 2.75) is 12.8 Å². The van der Waals surface area contributed by atoms with E-state index in [1.54, 1.807) is 6.92 Å². The summed E-state index contributed by atoms with van der Waals surface area (Å²) >= 11 is 5.83. The maximum atomic E-state index is 11.7. The van der Waals surface area contributed by atoms with Gasteiger partial charge in [0.15, 0.2) is 0 Å². The third kappa shape index (κ3) is 3.45. The fourth-order valence-corrected chi connectivity index (χ4v) is 1.81. The van der Waals surface area contributed by atoms with Gasteiger partial charge in [0.05, 0.1) is 18.2 Å². The first-order valence-electron chi connectivity index (χ1n) is 6.15. The van der Waals surface area contributed by atoms with Crippen LogP contribution in [0, 0.1) is 0 Å². The Balaban J connectivity index is 2.23. The Morgan fingerprint density at radius 1 is 1.35 bits per heavy atom. The van der Waals surface area contributed by atoms with Gasteiger partial charge in [-0.25, -0.2) is 14.8 Å². The zero-order chi connectivity index (χ0) is 14.4. The van der Waals surface area contributed by atoms with Gasteiger partial charge in [0.25, 0.3) is 0 Å². The van der Waals surface area contributed by atoms with E-state index in [1.807, 2.05) is 30.3 Å². The summed E-state index contributed by atoms with van der Waals surface area (Å²) in [5, 5.41) is 3.04. The summed E-state index contributed by atoms with van der Waals surface area (Å²) < 4.78 is 4.93. The van der Waals surface area contributed by atoms with Crippen LogP contribution in [0.15, 0.2) is 36.5 Å². The van der Waals surface area contributed by atoms with Crippen molar-refractivity contribution in [3.8, 4) is 0 Å². The van der Waals surface area contributed by atoms with Crippen LogP contribution in [0.1, 0.15) is 23.0 Å². The summed E-state index contributed by atoms with van der Waals surface area (Å²) in [6, 6.07) is 9.50. The molecule has 0 saturated heterocycles. The predicted octanol–water partition coefficient (Wildman–Crippen LogP) is 3.14. The molecule has 0 amide bonds. The Kier molecular flexibility index (Phi) is 4.90. The number of nitrogens with one attached hydrogen (secondary N) is 1. The van der Waals surface area contributed by atoms with Gasteiger partial charge in [0.1, 0.15) is 5.56 Å². The molecule has 0 aliphatic rings. The molecule has 0 fully saturated rings. The van der Waals surface area contributed by atoms with E-state index in [0.717, 1.165) is 5.69 Å². The van der Waals surface area contributed by atoms with Gasteiger partial charge in [-0.3, -0.25) is 0 Å². The van der Waals surface area contributed by atoms with Crippen molar-refractivity contribution in [1.29, 1.82) is 0 Å². The Morgan fingerprint density at radius 3 is 2.75 bits per heavy atom. The first kappa shape index (κ1) is 14.3. The van der Waals surface area contributed by atoms with E-state index in [4.69, 9.17) is 16.3 Å². The van der Waals surface area contributed by atoms with Crippen LogP contribution in [0.25, 0.3) is 0 Å². The number of nitrogens with zero attached hydrogens (tertiary/aromatic N) is 2. The van der Waals surface area contributed by atoms with E-state index in [0.29, 0.717) is 23.8 Å². The monoisotopic (exact) mass is 291 g/mol. The summed E-state index contributed by atoms with van der Waals surface area (Å²) in [5.41, 5.74) is 1.59. The molecule has 1 aromatic carbocycles. The second-order valence-corrected chi connectivity index (χ2v) is 4.17. The van der Waals surface area contributed by atoms with Gasteiger partial charge in [0.2, 0.25) is 5.95 Å². The highest BCUT2D eigenvalue weighted by Crippen LogP contribution is 2.16. The molecule has 5 nitrogen and oxygen atoms in total. The Labute approximate surface area is 122 Å². The number of anilines is 2. The molecule has 20 heavy (non-hydrogen) atoms. The molecule has 2 aromatic rings. The number of esters is 1. The topological polar surface area (TPSA) is 64.1 Å². The average Bonchev–Trinajstić information content (AvgIpc) is 2.48. The van der Waals surface area contributed by atoms with Gasteiger partial charge in [-0.05, 0) is 19.1 Å². The smallest absolute Gasteiger partial charge is 0.341 e. The van der Waals surface area contributed by atoms with Gasteiger partial charge in [-0.15, -0.1) is 11.6 Å². The van der Waals surface area contributed by atoms with Crippen LogP contribution >= 0.6 is 11.6 Å². The highest BCUT2D eigenvalue weighted by molar-refractivity contribution is 6.17. The summed E-state index contributed by atoms with van der Waals surface area (Å²) in [7, 11) is 0. The van der Waals surface area contributed by atoms with Gasteiger partial charge >= 0.3 is 5.97 Å². The Bertz CT molecular complexity index is 590. The Hall–Kier alpha value is -2.14. The molecule has 0 aliphatic carbocycles. The average molecular weight is 292 g/mol. The van der Waals surface area contributed by atoms with Crippen molar-refractivity contribution in [2.24, 2.45) is 0 Å². The molecule has 1 N–H and O–H groups in total. The number of ether oxygens (including phenoxy) is 1. The number of halogens is 1. The summed E-state index contributed by atoms with van der Waals surface area (Å²) in [6.45, 7) is 2.04. The van der Waals surface area contributed by atoms with Crippen molar-refractivity contribution in [3.63, 3.8) is 0 Å². The zero-order valence-corrected chi connectivity index (χ0v) is 11.7. The largest absolute Gasteiger partial charge is 0.462 e. The highest BCUT2D eigenvalue weighted by atomic mass is 35.5. The van der Waals surface area contributed by atoms with E-state index in [9.17, 15) is 4.79 Å². The number of alkyl halides is 1. The molecule has 0 radical (unpaired) electrons. The fraction of sp³-hybridized carbons (Fsp3) is 0.214. The predicted molar refractivity (Wildman–Crippen MR) is 77.3 cm³/mol. The number of para-hydroxylation sites is 1. The minimum absolute atomic E-state index is 0.111. The van der Waals surface area contributed by atoms with E-state index in [1.165, 1.54) is 6.20 Å². The third-order valence-corrected chi connectivity index (χ3v) is 2.77. The van der Waals surface area contributed by atoms with Gasteiger partial charge < -0.3 is 10.1 Å². The number of carbonyl (C=O) groups excluding carboxylic acids is 1. The lowest BCUT2D eigenvalue weighted by Gasteiger charge is -2.09. The number of hydrogen-bond acceptors (Lipinski definition) is 5. The zero-order valence-electron chi connectivity index (χ0n) is 11.0. The van der Waals surface area contributed by atoms with Crippen molar-refractivity contribution in [2.75, 3.05) is 11.9 Å². The summed E-state index contributed by atoms with van der Waals surface area (Å²) in [4.78, 5) is 20.1. The molecule has 0 spiro atoms. The SMILES string of the molecule is CCOC(=O)c1cnc(Nc2ccccc2)nc1CCl. The van der Waals surface area contributed by atoms with Crippen molar-refractivity contribution < 1.29 is 9.53 Å².